The van der Waals surface area contributed by atoms with Gasteiger partial charge in [0.15, 0.2) is 0 Å². The van der Waals surface area contributed by atoms with Crippen LogP contribution in [-0.2, 0) is 14.3 Å². The third-order valence-corrected chi connectivity index (χ3v) is 4.02. The molecule has 1 heterocycles. The summed E-state index contributed by atoms with van der Waals surface area (Å²) in [6.45, 7) is 5.41. The van der Waals surface area contributed by atoms with E-state index in [9.17, 15) is 9.59 Å². The van der Waals surface area contributed by atoms with Gasteiger partial charge in [0.2, 0.25) is 5.91 Å². The van der Waals surface area contributed by atoms with Gasteiger partial charge in [0.25, 0.3) is 0 Å². The molecule has 2 atom stereocenters. The van der Waals surface area contributed by atoms with Gasteiger partial charge in [-0.1, -0.05) is 22.9 Å². The van der Waals surface area contributed by atoms with E-state index in [1.54, 1.807) is 11.8 Å². The summed E-state index contributed by atoms with van der Waals surface area (Å²) in [4.78, 5) is 25.3. The van der Waals surface area contributed by atoms with E-state index in [2.05, 4.69) is 15.9 Å². The minimum atomic E-state index is -0.173. The first kappa shape index (κ1) is 14.5. The fourth-order valence-corrected chi connectivity index (χ4v) is 2.29. The Bertz CT molecular complexity index is 283. The van der Waals surface area contributed by atoms with Gasteiger partial charge >= 0.3 is 5.97 Å². The molecule has 1 amide bonds. The van der Waals surface area contributed by atoms with Crippen LogP contribution in [0, 0.1) is 5.92 Å². The van der Waals surface area contributed by atoms with Crippen LogP contribution in [0.4, 0.5) is 0 Å². The highest BCUT2D eigenvalue weighted by molar-refractivity contribution is 9.10. The number of alkyl halides is 1. The lowest BCUT2D eigenvalue weighted by molar-refractivity contribution is -0.151. The summed E-state index contributed by atoms with van der Waals surface area (Å²) in [6.07, 6.45) is 2.46. The van der Waals surface area contributed by atoms with E-state index in [1.807, 2.05) is 6.92 Å². The molecule has 1 aliphatic heterocycles. The summed E-state index contributed by atoms with van der Waals surface area (Å²) in [6, 6.07) is 0. The third kappa shape index (κ3) is 3.98. The molecule has 17 heavy (non-hydrogen) atoms. The minimum absolute atomic E-state index is 0.0847. The lowest BCUT2D eigenvalue weighted by atomic mass is 9.98. The molecule has 0 aromatic rings. The number of likely N-dealkylation sites (tertiary alicyclic amines) is 1. The Balaban J connectivity index is 2.54. The van der Waals surface area contributed by atoms with E-state index in [-0.39, 0.29) is 22.6 Å². The average molecular weight is 306 g/mol. The number of carbonyl (C=O) groups excluding carboxylic acids is 2. The fraction of sp³-hybridized carbons (Fsp3) is 0.833. The number of carbonyl (C=O) groups is 2. The second-order valence-corrected chi connectivity index (χ2v) is 5.36. The largest absolute Gasteiger partial charge is 0.466 e. The summed E-state index contributed by atoms with van der Waals surface area (Å²) >= 11 is 3.36. The highest BCUT2D eigenvalue weighted by Crippen LogP contribution is 2.20. The van der Waals surface area contributed by atoms with Gasteiger partial charge < -0.3 is 9.64 Å². The van der Waals surface area contributed by atoms with Gasteiger partial charge in [0.05, 0.1) is 17.4 Å². The van der Waals surface area contributed by atoms with Crippen molar-refractivity contribution >= 4 is 27.8 Å². The van der Waals surface area contributed by atoms with Crippen LogP contribution in [0.1, 0.15) is 33.1 Å². The molecular weight excluding hydrogens is 286 g/mol. The van der Waals surface area contributed by atoms with Crippen LogP contribution in [0.5, 0.6) is 0 Å². The Hall–Kier alpha value is -0.580. The van der Waals surface area contributed by atoms with Crippen molar-refractivity contribution in [3.05, 3.63) is 0 Å². The first-order chi connectivity index (χ1) is 8.10. The normalized spacial score (nSPS) is 22.1. The predicted molar refractivity (Wildman–Crippen MR) is 68.9 cm³/mol. The van der Waals surface area contributed by atoms with E-state index >= 15 is 0 Å². The molecule has 0 spiro atoms. The number of nitrogens with zero attached hydrogens (tertiary/aromatic N) is 1. The number of esters is 1. The summed E-state index contributed by atoms with van der Waals surface area (Å²) in [5, 5.41) is 0. The molecule has 0 bridgehead atoms. The molecule has 0 saturated carbocycles. The van der Waals surface area contributed by atoms with Gasteiger partial charge in [-0.05, 0) is 26.2 Å². The molecule has 0 aromatic heterocycles. The zero-order valence-corrected chi connectivity index (χ0v) is 12.0. The van der Waals surface area contributed by atoms with Gasteiger partial charge in [-0.3, -0.25) is 9.59 Å². The van der Waals surface area contributed by atoms with E-state index in [1.165, 1.54) is 0 Å². The summed E-state index contributed by atoms with van der Waals surface area (Å²) in [5.74, 6) is -0.238. The van der Waals surface area contributed by atoms with Crippen molar-refractivity contribution < 1.29 is 14.3 Å². The van der Waals surface area contributed by atoms with Crippen molar-refractivity contribution in [3.63, 3.8) is 0 Å². The SMILES string of the molecule is CCOC(=O)[C@@H]1CCCN(C(=O)[C@@H](Br)CC)C1. The number of hydrogen-bond donors (Lipinski definition) is 0. The number of halogens is 1. The zero-order chi connectivity index (χ0) is 12.8. The maximum absolute atomic E-state index is 12.0. The van der Waals surface area contributed by atoms with Crippen molar-refractivity contribution in [3.8, 4) is 0 Å². The number of amides is 1. The summed E-state index contributed by atoms with van der Waals surface area (Å²) < 4.78 is 5.01. The molecule has 0 radical (unpaired) electrons. The minimum Gasteiger partial charge on any atom is -0.466 e. The molecule has 0 aromatic carbocycles. The van der Waals surface area contributed by atoms with Gasteiger partial charge in [0, 0.05) is 13.1 Å². The maximum atomic E-state index is 12.0. The first-order valence-electron chi connectivity index (χ1n) is 6.19. The lowest BCUT2D eigenvalue weighted by Crippen LogP contribution is -2.45. The van der Waals surface area contributed by atoms with Gasteiger partial charge in [0.1, 0.15) is 0 Å². The van der Waals surface area contributed by atoms with E-state index < -0.39 is 0 Å². The van der Waals surface area contributed by atoms with Crippen molar-refractivity contribution in [2.24, 2.45) is 5.92 Å². The van der Waals surface area contributed by atoms with Crippen LogP contribution < -0.4 is 0 Å². The third-order valence-electron chi connectivity index (χ3n) is 2.98. The van der Waals surface area contributed by atoms with Crippen LogP contribution in [-0.4, -0.2) is 41.3 Å². The van der Waals surface area contributed by atoms with E-state index in [0.29, 0.717) is 13.2 Å². The van der Waals surface area contributed by atoms with Crippen LogP contribution >= 0.6 is 15.9 Å². The van der Waals surface area contributed by atoms with Gasteiger partial charge in [-0.15, -0.1) is 0 Å². The van der Waals surface area contributed by atoms with Crippen molar-refractivity contribution in [2.45, 2.75) is 37.9 Å². The average Bonchev–Trinajstić information content (AvgIpc) is 2.37. The number of hydrogen-bond acceptors (Lipinski definition) is 3. The second kappa shape index (κ2) is 6.99. The highest BCUT2D eigenvalue weighted by Gasteiger charge is 2.31. The van der Waals surface area contributed by atoms with E-state index in [0.717, 1.165) is 25.8 Å². The Morgan fingerprint density at radius 1 is 1.47 bits per heavy atom. The summed E-state index contributed by atoms with van der Waals surface area (Å²) in [5.41, 5.74) is 0. The second-order valence-electron chi connectivity index (χ2n) is 4.25. The molecule has 1 rings (SSSR count). The molecule has 5 heteroatoms. The standard InChI is InChI=1S/C12H20BrNO3/c1-3-10(13)11(15)14-7-5-6-9(8-14)12(16)17-4-2/h9-10H,3-8H2,1-2H3/t9-,10+/m1/s1. The molecule has 1 fully saturated rings. The predicted octanol–water partition coefficient (Wildman–Crippen LogP) is 1.96. The van der Waals surface area contributed by atoms with Crippen LogP contribution in [0.3, 0.4) is 0 Å². The van der Waals surface area contributed by atoms with Gasteiger partial charge in [-0.25, -0.2) is 0 Å². The number of ether oxygens (including phenoxy) is 1. The molecule has 0 unspecified atom stereocenters. The molecule has 0 N–H and O–H groups in total. The van der Waals surface area contributed by atoms with Crippen LogP contribution in [0.2, 0.25) is 0 Å². The summed E-state index contributed by atoms with van der Waals surface area (Å²) in [7, 11) is 0. The zero-order valence-electron chi connectivity index (χ0n) is 10.4. The topological polar surface area (TPSA) is 46.6 Å². The monoisotopic (exact) mass is 305 g/mol. The molecule has 0 aliphatic carbocycles. The quantitative estimate of drug-likeness (QED) is 0.589. The number of piperidine rings is 1. The molecule has 98 valence electrons. The lowest BCUT2D eigenvalue weighted by Gasteiger charge is -2.32. The fourth-order valence-electron chi connectivity index (χ4n) is 2.00. The smallest absolute Gasteiger partial charge is 0.310 e. The molecule has 4 nitrogen and oxygen atoms in total. The Morgan fingerprint density at radius 2 is 2.18 bits per heavy atom. The molecule has 1 saturated heterocycles. The molecular formula is C12H20BrNO3. The first-order valence-corrected chi connectivity index (χ1v) is 7.11. The highest BCUT2D eigenvalue weighted by atomic mass is 79.9. The Morgan fingerprint density at radius 3 is 2.76 bits per heavy atom. The molecule has 1 aliphatic rings. The van der Waals surface area contributed by atoms with Crippen LogP contribution in [0.15, 0.2) is 0 Å². The van der Waals surface area contributed by atoms with Crippen LogP contribution in [0.25, 0.3) is 0 Å². The number of rotatable bonds is 4. The van der Waals surface area contributed by atoms with Crippen molar-refractivity contribution in [1.29, 1.82) is 0 Å². The van der Waals surface area contributed by atoms with Crippen molar-refractivity contribution in [1.82, 2.24) is 4.90 Å². The maximum Gasteiger partial charge on any atom is 0.310 e. The Kier molecular flexibility index (Phi) is 5.95. The Labute approximate surface area is 111 Å². The van der Waals surface area contributed by atoms with E-state index in [4.69, 9.17) is 4.74 Å². The van der Waals surface area contributed by atoms with Crippen molar-refractivity contribution in [2.75, 3.05) is 19.7 Å². The van der Waals surface area contributed by atoms with Gasteiger partial charge in [-0.2, -0.15) is 0 Å².